The van der Waals surface area contributed by atoms with Gasteiger partial charge in [0, 0.05) is 48.0 Å². The van der Waals surface area contributed by atoms with Crippen LogP contribution in [0.2, 0.25) is 5.02 Å². The number of hydrogen-bond donors (Lipinski definition) is 4. The lowest BCUT2D eigenvalue weighted by Gasteiger charge is -2.21. The summed E-state index contributed by atoms with van der Waals surface area (Å²) in [7, 11) is 0. The number of amides is 2. The van der Waals surface area contributed by atoms with Crippen LogP contribution in [0.25, 0.3) is 0 Å². The highest BCUT2D eigenvalue weighted by atomic mass is 35.5. The predicted octanol–water partition coefficient (Wildman–Crippen LogP) is 4.86. The smallest absolute Gasteiger partial charge is 0.332 e. The van der Waals surface area contributed by atoms with E-state index < -0.39 is 11.9 Å². The van der Waals surface area contributed by atoms with Crippen molar-refractivity contribution in [3.63, 3.8) is 0 Å². The van der Waals surface area contributed by atoms with Crippen molar-refractivity contribution in [1.82, 2.24) is 10.2 Å². The number of allylic oxidation sites excluding steroid dienone is 3. The Kier molecular flexibility index (Phi) is 14.0. The number of benzene rings is 1. The van der Waals surface area contributed by atoms with E-state index in [1.54, 1.807) is 24.3 Å². The van der Waals surface area contributed by atoms with Gasteiger partial charge in [-0.15, -0.1) is 23.1 Å². The molecule has 1 aromatic heterocycles. The van der Waals surface area contributed by atoms with Gasteiger partial charge in [0.2, 0.25) is 5.91 Å². The van der Waals surface area contributed by atoms with Gasteiger partial charge < -0.3 is 25.5 Å². The summed E-state index contributed by atoms with van der Waals surface area (Å²) in [6, 6.07) is 10.8. The Morgan fingerprint density at radius 3 is 2.36 bits per heavy atom. The highest BCUT2D eigenvalue weighted by Gasteiger charge is 2.18. The number of carbonyl (C=O) groups is 5. The van der Waals surface area contributed by atoms with Crippen LogP contribution < -0.4 is 5.32 Å². The maximum atomic E-state index is 12.5. The summed E-state index contributed by atoms with van der Waals surface area (Å²) < 4.78 is 0. The van der Waals surface area contributed by atoms with Crippen LogP contribution in [0.15, 0.2) is 71.5 Å². The van der Waals surface area contributed by atoms with E-state index in [0.29, 0.717) is 21.2 Å². The Morgan fingerprint density at radius 2 is 1.71 bits per heavy atom. The molecule has 0 unspecified atom stereocenters. The van der Waals surface area contributed by atoms with Gasteiger partial charge in [0.05, 0.1) is 29.5 Å². The van der Waals surface area contributed by atoms with E-state index in [0.717, 1.165) is 17.4 Å². The molecule has 0 aliphatic heterocycles. The number of ketones is 1. The molecular weight excluding hydrogens is 604 g/mol. The fourth-order valence-corrected chi connectivity index (χ4v) is 5.62. The van der Waals surface area contributed by atoms with Gasteiger partial charge in [0.1, 0.15) is 0 Å². The largest absolute Gasteiger partial charge is 0.512 e. The number of aliphatic hydroxyl groups excluding tert-OH is 1. The number of carboxylic acid groups (broad SMARTS) is 2. The van der Waals surface area contributed by atoms with E-state index in [2.05, 4.69) is 5.32 Å². The molecule has 4 N–H and O–H groups in total. The van der Waals surface area contributed by atoms with Gasteiger partial charge in [0.25, 0.3) is 11.9 Å². The second-order valence-electron chi connectivity index (χ2n) is 9.02. The Morgan fingerprint density at radius 1 is 1.02 bits per heavy atom. The maximum Gasteiger partial charge on any atom is 0.332 e. The van der Waals surface area contributed by atoms with Crippen molar-refractivity contribution in [3.8, 4) is 0 Å². The molecule has 0 atom stereocenters. The van der Waals surface area contributed by atoms with Crippen molar-refractivity contribution in [2.24, 2.45) is 0 Å². The molecule has 13 heteroatoms. The lowest BCUT2D eigenvalue weighted by Crippen LogP contribution is -2.30. The zero-order valence-corrected chi connectivity index (χ0v) is 25.4. The van der Waals surface area contributed by atoms with Crippen molar-refractivity contribution in [2.45, 2.75) is 32.6 Å². The molecule has 3 rings (SSSR count). The van der Waals surface area contributed by atoms with Crippen molar-refractivity contribution < 1.29 is 39.3 Å². The normalized spacial score (nSPS) is 12.4. The third kappa shape index (κ3) is 12.3. The number of carboxylic acids is 2. The van der Waals surface area contributed by atoms with Gasteiger partial charge in [-0.25, -0.2) is 4.79 Å². The third-order valence-electron chi connectivity index (χ3n) is 5.47. The minimum absolute atomic E-state index is 0.0258. The van der Waals surface area contributed by atoms with Gasteiger partial charge in [-0.2, -0.15) is 0 Å². The van der Waals surface area contributed by atoms with Crippen LogP contribution in [-0.2, 0) is 31.5 Å². The summed E-state index contributed by atoms with van der Waals surface area (Å²) in [6.45, 7) is 2.75. The molecule has 0 saturated heterocycles. The predicted molar refractivity (Wildman–Crippen MR) is 163 cm³/mol. The average molecular weight is 635 g/mol. The second kappa shape index (κ2) is 17.2. The number of Topliss-reactive ketones (excluding diaryl/α,β-unsaturated/α-hetero) is 1. The molecule has 0 fully saturated rings. The van der Waals surface area contributed by atoms with Gasteiger partial charge in [-0.3, -0.25) is 19.2 Å². The van der Waals surface area contributed by atoms with Crippen LogP contribution in [0.4, 0.5) is 0 Å². The number of hydrogen-bond acceptors (Lipinski definition) is 8. The topological polar surface area (TPSA) is 161 Å². The summed E-state index contributed by atoms with van der Waals surface area (Å²) in [5.41, 5.74) is 1.53. The van der Waals surface area contributed by atoms with Crippen molar-refractivity contribution in [3.05, 3.63) is 91.9 Å². The molecule has 0 saturated carbocycles. The van der Waals surface area contributed by atoms with Crippen molar-refractivity contribution in [1.29, 1.82) is 0 Å². The number of nitrogens with zero attached hydrogens (tertiary/aromatic N) is 1. The quantitative estimate of drug-likeness (QED) is 0.256. The first-order valence-electron chi connectivity index (χ1n) is 12.5. The van der Waals surface area contributed by atoms with E-state index in [-0.39, 0.29) is 60.7 Å². The third-order valence-corrected chi connectivity index (χ3v) is 7.95. The number of thiophene rings is 1. The average Bonchev–Trinajstić information content (AvgIpc) is 3.30. The fourth-order valence-electron chi connectivity index (χ4n) is 3.50. The number of aliphatic carboxylic acids is 2. The number of aliphatic hydroxyl groups is 1. The van der Waals surface area contributed by atoms with Crippen molar-refractivity contribution in [2.75, 3.05) is 18.8 Å². The van der Waals surface area contributed by atoms with Gasteiger partial charge in [-0.1, -0.05) is 35.9 Å². The summed E-state index contributed by atoms with van der Waals surface area (Å²) in [5, 5.41) is 29.8. The Balaban J connectivity index is 0.00000144. The van der Waals surface area contributed by atoms with E-state index in [9.17, 15) is 29.4 Å². The van der Waals surface area contributed by atoms with E-state index >= 15 is 0 Å². The highest BCUT2D eigenvalue weighted by Crippen LogP contribution is 2.22. The number of rotatable bonds is 12. The summed E-state index contributed by atoms with van der Waals surface area (Å²) in [6.07, 6.45) is 4.36. The van der Waals surface area contributed by atoms with E-state index in [1.165, 1.54) is 47.1 Å². The molecule has 1 aliphatic carbocycles. The zero-order chi connectivity index (χ0) is 31.2. The molecule has 1 aliphatic rings. The molecule has 0 radical (unpaired) electrons. The lowest BCUT2D eigenvalue weighted by atomic mass is 10.1. The van der Waals surface area contributed by atoms with Crippen LogP contribution in [0, 0.1) is 0 Å². The zero-order valence-electron chi connectivity index (χ0n) is 23.0. The first-order valence-corrected chi connectivity index (χ1v) is 14.9. The summed E-state index contributed by atoms with van der Waals surface area (Å²) >= 11 is 8.76. The first kappa shape index (κ1) is 34.3. The number of halogens is 1. The van der Waals surface area contributed by atoms with E-state index in [1.807, 2.05) is 18.2 Å². The van der Waals surface area contributed by atoms with Crippen LogP contribution >= 0.6 is 34.7 Å². The molecule has 1 heterocycles. The number of thioether (sulfide) groups is 1. The summed E-state index contributed by atoms with van der Waals surface area (Å²) in [5.74, 6) is -1.92. The van der Waals surface area contributed by atoms with Crippen LogP contribution in [0.1, 0.15) is 40.4 Å². The number of carbonyl (C=O) groups excluding carboxylic acids is 3. The fraction of sp³-hybridized carbons (Fsp3) is 0.276. The monoisotopic (exact) mass is 634 g/mol. The minimum Gasteiger partial charge on any atom is -0.512 e. The number of nitrogens with one attached hydrogen (secondary N) is 1. The van der Waals surface area contributed by atoms with Crippen LogP contribution in [-0.4, -0.2) is 68.6 Å². The standard InChI is InChI=1S/C27H27ClN2O6S2.C2H4O2/c1-17(31)30(13-18-6-7-21(32)11-20(10-18)27(35)36)14-23-8-9-25(38-23)26(34)29-12-22(33)16-37-15-19-4-2-3-5-24(19)28;1-2(3)4/h2-10,32H,11-16H2,1H3,(H,29,34)(H,35,36);1H3,(H,3,4). The van der Waals surface area contributed by atoms with E-state index in [4.69, 9.17) is 21.5 Å². The van der Waals surface area contributed by atoms with Gasteiger partial charge >= 0.3 is 5.97 Å². The van der Waals surface area contributed by atoms with Crippen LogP contribution in [0.3, 0.4) is 0 Å². The Hall–Kier alpha value is -3.87. The highest BCUT2D eigenvalue weighted by molar-refractivity contribution is 7.99. The van der Waals surface area contributed by atoms with Crippen LogP contribution in [0.5, 0.6) is 0 Å². The van der Waals surface area contributed by atoms with Gasteiger partial charge in [-0.05, 0) is 41.5 Å². The molecule has 0 bridgehead atoms. The minimum atomic E-state index is -1.14. The summed E-state index contributed by atoms with van der Waals surface area (Å²) in [4.78, 5) is 60.1. The molecule has 10 nitrogen and oxygen atoms in total. The Labute approximate surface area is 256 Å². The van der Waals surface area contributed by atoms with Crippen molar-refractivity contribution >= 4 is 64.2 Å². The molecule has 2 aromatic rings. The lowest BCUT2D eigenvalue weighted by molar-refractivity contribution is -0.134. The first-order chi connectivity index (χ1) is 19.8. The Bertz CT molecular complexity index is 1410. The molecule has 0 spiro atoms. The molecule has 1 aromatic carbocycles. The molecular formula is C29H31ClN2O8S2. The SMILES string of the molecule is CC(=O)N(CC1=CC=C(O)CC(C(=O)O)=C1)Cc1ccc(C(=O)NCC(=O)CSCc2ccccc2Cl)s1.CC(=O)O. The second-order valence-corrected chi connectivity index (χ2v) is 11.6. The molecule has 224 valence electrons. The molecule has 2 amide bonds. The van der Waals surface area contributed by atoms with Gasteiger partial charge in [0.15, 0.2) is 5.78 Å². The maximum absolute atomic E-state index is 12.5. The molecule has 42 heavy (non-hydrogen) atoms.